The Morgan fingerprint density at radius 1 is 1.08 bits per heavy atom. The van der Waals surface area contributed by atoms with Gasteiger partial charge in [-0.25, -0.2) is 14.5 Å². The number of anilines is 1. The van der Waals surface area contributed by atoms with E-state index in [1.54, 1.807) is 29.2 Å². The Labute approximate surface area is 214 Å². The molecule has 1 aromatic heterocycles. The molecule has 0 bridgehead atoms. The first-order valence-corrected chi connectivity index (χ1v) is 12.4. The Balaban J connectivity index is 1.49. The topological polar surface area (TPSA) is 115 Å². The predicted octanol–water partition coefficient (Wildman–Crippen LogP) is 4.45. The highest BCUT2D eigenvalue weighted by atomic mass is 16.5. The second kappa shape index (κ2) is 10.4. The number of esters is 1. The SMILES string of the molecule is CCOc1ccccc1-c1noc(CN2C(=O)N(c3ccccc3C(=O)OC)C(=O)C3CCCCC32)n1. The van der Waals surface area contributed by atoms with Crippen molar-refractivity contribution in [3.8, 4) is 17.1 Å². The molecule has 0 spiro atoms. The number of para-hydroxylation sites is 2. The molecule has 2 fully saturated rings. The van der Waals surface area contributed by atoms with E-state index in [2.05, 4.69) is 10.1 Å². The van der Waals surface area contributed by atoms with E-state index in [1.165, 1.54) is 7.11 Å². The average molecular weight is 505 g/mol. The molecule has 37 heavy (non-hydrogen) atoms. The van der Waals surface area contributed by atoms with Crippen molar-refractivity contribution in [3.05, 3.63) is 60.0 Å². The first-order valence-electron chi connectivity index (χ1n) is 12.4. The van der Waals surface area contributed by atoms with Crippen LogP contribution in [0.2, 0.25) is 0 Å². The lowest BCUT2D eigenvalue weighted by Crippen LogP contribution is -2.62. The normalized spacial score (nSPS) is 19.5. The smallest absolute Gasteiger partial charge is 0.339 e. The number of fused-ring (bicyclic) bond motifs is 1. The summed E-state index contributed by atoms with van der Waals surface area (Å²) in [6, 6.07) is 13.0. The molecule has 2 aromatic carbocycles. The highest BCUT2D eigenvalue weighted by Gasteiger charge is 2.48. The van der Waals surface area contributed by atoms with Crippen LogP contribution in [0.15, 0.2) is 53.1 Å². The van der Waals surface area contributed by atoms with E-state index < -0.39 is 17.9 Å². The number of methoxy groups -OCH3 is 1. The molecule has 2 unspecified atom stereocenters. The Bertz CT molecular complexity index is 1320. The second-order valence-electron chi connectivity index (χ2n) is 8.99. The molecular formula is C27H28N4O6. The maximum Gasteiger partial charge on any atom is 0.339 e. The summed E-state index contributed by atoms with van der Waals surface area (Å²) in [6.07, 6.45) is 3.15. The number of benzene rings is 2. The van der Waals surface area contributed by atoms with Crippen LogP contribution in [0.3, 0.4) is 0 Å². The van der Waals surface area contributed by atoms with Gasteiger partial charge in [0, 0.05) is 6.04 Å². The zero-order valence-corrected chi connectivity index (χ0v) is 20.8. The molecule has 2 atom stereocenters. The van der Waals surface area contributed by atoms with E-state index in [0.29, 0.717) is 36.6 Å². The number of urea groups is 1. The summed E-state index contributed by atoms with van der Waals surface area (Å²) in [5, 5.41) is 4.12. The molecule has 0 radical (unpaired) electrons. The minimum atomic E-state index is -0.622. The highest BCUT2D eigenvalue weighted by Crippen LogP contribution is 2.38. The van der Waals surface area contributed by atoms with Gasteiger partial charge in [0.15, 0.2) is 0 Å². The molecule has 1 aliphatic heterocycles. The highest BCUT2D eigenvalue weighted by molar-refractivity contribution is 6.19. The molecule has 2 aliphatic rings. The molecule has 5 rings (SSSR count). The van der Waals surface area contributed by atoms with Crippen molar-refractivity contribution in [2.75, 3.05) is 18.6 Å². The first kappa shape index (κ1) is 24.5. The molecule has 3 amide bonds. The van der Waals surface area contributed by atoms with Crippen LogP contribution < -0.4 is 9.64 Å². The van der Waals surface area contributed by atoms with Crippen LogP contribution in [0.4, 0.5) is 10.5 Å². The van der Waals surface area contributed by atoms with Gasteiger partial charge in [-0.1, -0.05) is 42.3 Å². The third-order valence-electron chi connectivity index (χ3n) is 6.86. The van der Waals surface area contributed by atoms with E-state index in [9.17, 15) is 14.4 Å². The molecule has 3 aromatic rings. The molecule has 1 saturated carbocycles. The van der Waals surface area contributed by atoms with Gasteiger partial charge in [-0.2, -0.15) is 4.98 Å². The summed E-state index contributed by atoms with van der Waals surface area (Å²) >= 11 is 0. The van der Waals surface area contributed by atoms with E-state index in [1.807, 2.05) is 31.2 Å². The number of rotatable bonds is 7. The maximum absolute atomic E-state index is 13.8. The maximum atomic E-state index is 13.8. The largest absolute Gasteiger partial charge is 0.493 e. The van der Waals surface area contributed by atoms with Crippen LogP contribution >= 0.6 is 0 Å². The molecular weight excluding hydrogens is 476 g/mol. The summed E-state index contributed by atoms with van der Waals surface area (Å²) < 4.78 is 16.1. The lowest BCUT2D eigenvalue weighted by Gasteiger charge is -2.46. The van der Waals surface area contributed by atoms with Gasteiger partial charge in [-0.05, 0) is 44.0 Å². The number of amides is 3. The lowest BCUT2D eigenvalue weighted by atomic mass is 9.81. The summed E-state index contributed by atoms with van der Waals surface area (Å²) in [6.45, 7) is 2.42. The summed E-state index contributed by atoms with van der Waals surface area (Å²) in [7, 11) is 1.26. The van der Waals surface area contributed by atoms with Gasteiger partial charge in [0.25, 0.3) is 0 Å². The van der Waals surface area contributed by atoms with Crippen LogP contribution in [0.25, 0.3) is 11.4 Å². The van der Waals surface area contributed by atoms with Gasteiger partial charge in [0.05, 0.1) is 36.4 Å². The molecule has 10 nitrogen and oxygen atoms in total. The van der Waals surface area contributed by atoms with E-state index in [-0.39, 0.29) is 35.6 Å². The molecule has 1 aliphatic carbocycles. The van der Waals surface area contributed by atoms with Gasteiger partial charge in [-0.3, -0.25) is 4.79 Å². The average Bonchev–Trinajstić information content (AvgIpc) is 3.40. The Hall–Kier alpha value is -4.21. The van der Waals surface area contributed by atoms with Crippen LogP contribution in [0, 0.1) is 5.92 Å². The number of carbonyl (C=O) groups is 3. The molecule has 2 heterocycles. The zero-order chi connectivity index (χ0) is 25.9. The Morgan fingerprint density at radius 3 is 2.65 bits per heavy atom. The molecule has 192 valence electrons. The van der Waals surface area contributed by atoms with Gasteiger partial charge in [0.1, 0.15) is 12.3 Å². The van der Waals surface area contributed by atoms with Crippen LogP contribution in [-0.2, 0) is 16.1 Å². The van der Waals surface area contributed by atoms with Crippen molar-refractivity contribution in [1.82, 2.24) is 15.0 Å². The van der Waals surface area contributed by atoms with Crippen molar-refractivity contribution >= 4 is 23.6 Å². The number of carbonyl (C=O) groups excluding carboxylic acids is 3. The Kier molecular flexibility index (Phi) is 6.89. The number of imide groups is 1. The second-order valence-corrected chi connectivity index (χ2v) is 8.99. The monoisotopic (exact) mass is 504 g/mol. The summed E-state index contributed by atoms with van der Waals surface area (Å²) in [5.41, 5.74) is 1.03. The molecule has 10 heteroatoms. The quantitative estimate of drug-likeness (QED) is 0.434. The fourth-order valence-corrected chi connectivity index (χ4v) is 5.17. The van der Waals surface area contributed by atoms with Crippen molar-refractivity contribution < 1.29 is 28.4 Å². The molecule has 1 saturated heterocycles. The standard InChI is InChI=1S/C27H28N4O6/c1-3-36-22-15-9-6-12-19(22)24-28-23(37-29-24)16-30-20-13-7-4-10-17(20)25(32)31(27(30)34)21-14-8-5-11-18(21)26(33)35-2/h5-6,8-9,11-12,14-15,17,20H,3-4,7,10,13,16H2,1-2H3. The predicted molar refractivity (Wildman–Crippen MR) is 133 cm³/mol. The van der Waals surface area contributed by atoms with Crippen LogP contribution in [0.1, 0.15) is 48.9 Å². The number of hydrogen-bond donors (Lipinski definition) is 0. The number of hydrogen-bond acceptors (Lipinski definition) is 8. The van der Waals surface area contributed by atoms with Gasteiger partial charge >= 0.3 is 12.0 Å². The fourth-order valence-electron chi connectivity index (χ4n) is 5.17. The fraction of sp³-hybridized carbons (Fsp3) is 0.370. The van der Waals surface area contributed by atoms with Crippen LogP contribution in [-0.4, -0.2) is 52.7 Å². The van der Waals surface area contributed by atoms with Crippen molar-refractivity contribution in [1.29, 1.82) is 0 Å². The van der Waals surface area contributed by atoms with Crippen molar-refractivity contribution in [3.63, 3.8) is 0 Å². The third kappa shape index (κ3) is 4.54. The van der Waals surface area contributed by atoms with Crippen LogP contribution in [0.5, 0.6) is 5.75 Å². The van der Waals surface area contributed by atoms with Gasteiger partial charge < -0.3 is 18.9 Å². The third-order valence-corrected chi connectivity index (χ3v) is 6.86. The van der Waals surface area contributed by atoms with Gasteiger partial charge in [-0.15, -0.1) is 0 Å². The first-order chi connectivity index (χ1) is 18.0. The molecule has 0 N–H and O–H groups in total. The number of nitrogens with zero attached hydrogens (tertiary/aromatic N) is 4. The van der Waals surface area contributed by atoms with Gasteiger partial charge in [0.2, 0.25) is 17.6 Å². The minimum Gasteiger partial charge on any atom is -0.493 e. The summed E-state index contributed by atoms with van der Waals surface area (Å²) in [4.78, 5) is 47.1. The van der Waals surface area contributed by atoms with Crippen molar-refractivity contribution in [2.45, 2.75) is 45.2 Å². The number of aromatic nitrogens is 2. The van der Waals surface area contributed by atoms with E-state index >= 15 is 0 Å². The van der Waals surface area contributed by atoms with E-state index in [4.69, 9.17) is 14.0 Å². The zero-order valence-electron chi connectivity index (χ0n) is 20.8. The minimum absolute atomic E-state index is 0.0357. The van der Waals surface area contributed by atoms with E-state index in [0.717, 1.165) is 17.7 Å². The lowest BCUT2D eigenvalue weighted by molar-refractivity contribution is -0.127. The summed E-state index contributed by atoms with van der Waals surface area (Å²) in [5.74, 6) is -0.0856. The van der Waals surface area contributed by atoms with Crippen molar-refractivity contribution in [2.24, 2.45) is 5.92 Å². The number of ether oxygens (including phenoxy) is 2. The Morgan fingerprint density at radius 2 is 1.84 bits per heavy atom.